The molecule has 0 spiro atoms. The Morgan fingerprint density at radius 3 is 2.68 bits per heavy atom. The summed E-state index contributed by atoms with van der Waals surface area (Å²) < 4.78 is 2.47. The van der Waals surface area contributed by atoms with Crippen LogP contribution in [0.5, 0.6) is 0 Å². The second-order valence-electron chi connectivity index (χ2n) is 6.37. The van der Waals surface area contributed by atoms with Gasteiger partial charge in [0.05, 0.1) is 11.7 Å². The van der Waals surface area contributed by atoms with E-state index in [1.165, 1.54) is 45.4 Å². The van der Waals surface area contributed by atoms with Crippen molar-refractivity contribution in [3.63, 3.8) is 0 Å². The van der Waals surface area contributed by atoms with Gasteiger partial charge in [0.2, 0.25) is 0 Å². The molecule has 3 aromatic heterocycles. The van der Waals surface area contributed by atoms with Crippen molar-refractivity contribution in [3.8, 4) is 10.4 Å². The molecule has 2 nitrogen and oxygen atoms in total. The summed E-state index contributed by atoms with van der Waals surface area (Å²) in [6.45, 7) is 3.16. The lowest BCUT2D eigenvalue weighted by atomic mass is 10.1. The van der Waals surface area contributed by atoms with Crippen LogP contribution in [0.2, 0.25) is 0 Å². The van der Waals surface area contributed by atoms with Gasteiger partial charge in [-0.25, -0.2) is 0 Å². The highest BCUT2D eigenvalue weighted by Crippen LogP contribution is 2.38. The number of hydrogen-bond acceptors (Lipinski definition) is 2. The molecule has 0 radical (unpaired) electrons. The zero-order chi connectivity index (χ0) is 17.1. The van der Waals surface area contributed by atoms with E-state index in [1.807, 2.05) is 23.7 Å². The number of unbranched alkanes of at least 4 members (excludes halogenated alkanes) is 1. The third-order valence-corrected chi connectivity index (χ3v) is 5.58. The van der Waals surface area contributed by atoms with Gasteiger partial charge in [0.1, 0.15) is 0 Å². The lowest BCUT2D eigenvalue weighted by Gasteiger charge is -2.12. The first-order chi connectivity index (χ1) is 12.4. The quantitative estimate of drug-likeness (QED) is 0.409. The third-order valence-electron chi connectivity index (χ3n) is 4.69. The summed E-state index contributed by atoms with van der Waals surface area (Å²) in [4.78, 5) is 5.77. The van der Waals surface area contributed by atoms with Crippen LogP contribution >= 0.6 is 11.3 Å². The monoisotopic (exact) mass is 346 g/mol. The number of nitrogens with zero attached hydrogens (tertiary/aromatic N) is 2. The predicted molar refractivity (Wildman–Crippen MR) is 107 cm³/mol. The van der Waals surface area contributed by atoms with Crippen LogP contribution in [-0.4, -0.2) is 9.55 Å². The van der Waals surface area contributed by atoms with Gasteiger partial charge < -0.3 is 4.57 Å². The Balaban J connectivity index is 1.93. The van der Waals surface area contributed by atoms with Gasteiger partial charge in [-0.05, 0) is 35.9 Å². The lowest BCUT2D eigenvalue weighted by molar-refractivity contribution is 0.712. The zero-order valence-corrected chi connectivity index (χ0v) is 15.3. The van der Waals surface area contributed by atoms with Crippen molar-refractivity contribution in [2.75, 3.05) is 0 Å². The molecule has 0 atom stereocenters. The summed E-state index contributed by atoms with van der Waals surface area (Å²) in [6.07, 6.45) is 7.44. The maximum absolute atomic E-state index is 4.41. The fourth-order valence-electron chi connectivity index (χ4n) is 3.49. The minimum Gasteiger partial charge on any atom is -0.338 e. The molecule has 0 saturated heterocycles. The molecule has 0 aliphatic heterocycles. The maximum Gasteiger partial charge on any atom is 0.0678 e. The maximum atomic E-state index is 4.41. The summed E-state index contributed by atoms with van der Waals surface area (Å²) in [5, 5.41) is 3.49. The Bertz CT molecular complexity index is 953. The van der Waals surface area contributed by atoms with Crippen LogP contribution in [0, 0.1) is 0 Å². The average molecular weight is 346 g/mol. The zero-order valence-electron chi connectivity index (χ0n) is 14.5. The minimum atomic E-state index is 0.896. The molecule has 0 amide bonds. The second kappa shape index (κ2) is 7.24. The molecular weight excluding hydrogens is 324 g/mol. The topological polar surface area (TPSA) is 17.8 Å². The van der Waals surface area contributed by atoms with Gasteiger partial charge in [-0.1, -0.05) is 49.7 Å². The van der Waals surface area contributed by atoms with Gasteiger partial charge in [0, 0.05) is 34.3 Å². The van der Waals surface area contributed by atoms with Gasteiger partial charge in [-0.2, -0.15) is 0 Å². The Morgan fingerprint density at radius 2 is 1.92 bits per heavy atom. The lowest BCUT2D eigenvalue weighted by Crippen LogP contribution is -2.05. The van der Waals surface area contributed by atoms with Gasteiger partial charge >= 0.3 is 0 Å². The first-order valence-corrected chi connectivity index (χ1v) is 9.79. The van der Waals surface area contributed by atoms with Crippen molar-refractivity contribution < 1.29 is 0 Å². The molecule has 0 aliphatic rings. The molecule has 3 heterocycles. The molecule has 0 fully saturated rings. The smallest absolute Gasteiger partial charge is 0.0678 e. The number of hydrogen-bond donors (Lipinski definition) is 0. The van der Waals surface area contributed by atoms with E-state index in [1.54, 1.807) is 0 Å². The highest BCUT2D eigenvalue weighted by molar-refractivity contribution is 7.13. The first kappa shape index (κ1) is 16.1. The van der Waals surface area contributed by atoms with Gasteiger partial charge in [0.15, 0.2) is 0 Å². The SMILES string of the molecule is CCCCc1c(-c2cccs2)c2ccncc2n1Cc1ccccc1. The van der Waals surface area contributed by atoms with Crippen LogP contribution in [0.3, 0.4) is 0 Å². The number of thiophene rings is 1. The Kier molecular flexibility index (Phi) is 4.66. The Hall–Kier alpha value is -2.39. The Labute approximate surface area is 152 Å². The molecule has 0 unspecified atom stereocenters. The summed E-state index contributed by atoms with van der Waals surface area (Å²) in [5.41, 5.74) is 5.41. The molecule has 3 heteroatoms. The van der Waals surface area contributed by atoms with E-state index in [2.05, 4.69) is 70.4 Å². The van der Waals surface area contributed by atoms with Crippen LogP contribution < -0.4 is 0 Å². The molecule has 25 heavy (non-hydrogen) atoms. The van der Waals surface area contributed by atoms with Gasteiger partial charge in [0.25, 0.3) is 0 Å². The number of benzene rings is 1. The van der Waals surface area contributed by atoms with E-state index in [0.717, 1.165) is 13.0 Å². The van der Waals surface area contributed by atoms with Crippen LogP contribution in [0.15, 0.2) is 66.3 Å². The fourth-order valence-corrected chi connectivity index (χ4v) is 4.30. The van der Waals surface area contributed by atoms with Crippen LogP contribution in [0.25, 0.3) is 21.3 Å². The van der Waals surface area contributed by atoms with Crippen LogP contribution in [0.1, 0.15) is 31.0 Å². The van der Waals surface area contributed by atoms with Crippen LogP contribution in [-0.2, 0) is 13.0 Å². The molecular formula is C22H22N2S. The number of pyridine rings is 1. The summed E-state index contributed by atoms with van der Waals surface area (Å²) in [5.74, 6) is 0. The molecule has 4 aromatic rings. The average Bonchev–Trinajstić information content (AvgIpc) is 3.27. The van der Waals surface area contributed by atoms with E-state index in [-0.39, 0.29) is 0 Å². The van der Waals surface area contributed by atoms with E-state index in [9.17, 15) is 0 Å². The molecule has 0 N–H and O–H groups in total. The van der Waals surface area contributed by atoms with E-state index >= 15 is 0 Å². The fraction of sp³-hybridized carbons (Fsp3) is 0.227. The van der Waals surface area contributed by atoms with Crippen molar-refractivity contribution in [2.45, 2.75) is 32.7 Å². The van der Waals surface area contributed by atoms with Crippen molar-refractivity contribution in [3.05, 3.63) is 77.6 Å². The standard InChI is InChI=1S/C22H22N2S/c1-2-3-10-19-22(21-11-7-14-25-21)18-12-13-23-15-20(18)24(19)16-17-8-5-4-6-9-17/h4-9,11-15H,2-3,10,16H2,1H3. The minimum absolute atomic E-state index is 0.896. The summed E-state index contributed by atoms with van der Waals surface area (Å²) in [6, 6.07) is 17.3. The highest BCUT2D eigenvalue weighted by Gasteiger charge is 2.19. The van der Waals surface area contributed by atoms with Crippen molar-refractivity contribution in [1.82, 2.24) is 9.55 Å². The second-order valence-corrected chi connectivity index (χ2v) is 7.31. The van der Waals surface area contributed by atoms with Crippen molar-refractivity contribution in [1.29, 1.82) is 0 Å². The summed E-state index contributed by atoms with van der Waals surface area (Å²) in [7, 11) is 0. The molecule has 0 saturated carbocycles. The summed E-state index contributed by atoms with van der Waals surface area (Å²) >= 11 is 1.82. The molecule has 1 aromatic carbocycles. The largest absolute Gasteiger partial charge is 0.338 e. The molecule has 4 rings (SSSR count). The molecule has 0 aliphatic carbocycles. The predicted octanol–water partition coefficient (Wildman–Crippen LogP) is 6.16. The third kappa shape index (κ3) is 3.12. The van der Waals surface area contributed by atoms with Gasteiger partial charge in [-0.3, -0.25) is 4.98 Å². The van der Waals surface area contributed by atoms with Gasteiger partial charge in [-0.15, -0.1) is 11.3 Å². The normalized spacial score (nSPS) is 11.2. The highest BCUT2D eigenvalue weighted by atomic mass is 32.1. The van der Waals surface area contributed by atoms with Crippen molar-refractivity contribution >= 4 is 22.2 Å². The van der Waals surface area contributed by atoms with E-state index < -0.39 is 0 Å². The Morgan fingerprint density at radius 1 is 1.04 bits per heavy atom. The van der Waals surface area contributed by atoms with E-state index in [4.69, 9.17) is 0 Å². The van der Waals surface area contributed by atoms with Crippen molar-refractivity contribution in [2.24, 2.45) is 0 Å². The number of aromatic nitrogens is 2. The number of rotatable bonds is 6. The van der Waals surface area contributed by atoms with E-state index in [0.29, 0.717) is 0 Å². The van der Waals surface area contributed by atoms with Crippen LogP contribution in [0.4, 0.5) is 0 Å². The number of fused-ring (bicyclic) bond motifs is 1. The molecule has 0 bridgehead atoms. The molecule has 126 valence electrons. The first-order valence-electron chi connectivity index (χ1n) is 8.91.